The number of hydrogen-bond acceptors (Lipinski definition) is 9. The molecule has 3 rings (SSSR count). The van der Waals surface area contributed by atoms with E-state index in [2.05, 4.69) is 40.2 Å². The van der Waals surface area contributed by atoms with Crippen molar-refractivity contribution in [1.82, 2.24) is 30.0 Å². The van der Waals surface area contributed by atoms with Gasteiger partial charge in [0.15, 0.2) is 5.52 Å². The number of ether oxygens (including phenoxy) is 3. The van der Waals surface area contributed by atoms with Crippen molar-refractivity contribution in [3.8, 4) is 5.75 Å². The second-order valence-electron chi connectivity index (χ2n) is 7.26. The Hall–Kier alpha value is -3.43. The number of carbonyl (C=O) groups excluding carboxylic acids is 2. The maximum absolute atomic E-state index is 12.8. The van der Waals surface area contributed by atoms with Crippen LogP contribution in [0.4, 0.5) is 15.5 Å². The molecule has 3 aromatic rings. The number of aromatic amines is 1. The summed E-state index contributed by atoms with van der Waals surface area (Å²) in [5, 5.41) is 9.46. The predicted molar refractivity (Wildman–Crippen MR) is 125 cm³/mol. The van der Waals surface area contributed by atoms with Crippen LogP contribution in [0.15, 0.2) is 16.9 Å². The minimum absolute atomic E-state index is 0.0647. The molecule has 2 amide bonds. The van der Waals surface area contributed by atoms with Crippen molar-refractivity contribution in [1.29, 1.82) is 0 Å². The molecule has 13 nitrogen and oxygen atoms in total. The van der Waals surface area contributed by atoms with Crippen molar-refractivity contribution in [2.45, 2.75) is 25.9 Å². The number of aromatic nitrogens is 5. The van der Waals surface area contributed by atoms with E-state index < -0.39 is 23.3 Å². The van der Waals surface area contributed by atoms with Crippen molar-refractivity contribution < 1.29 is 23.8 Å². The molecule has 3 aromatic heterocycles. The van der Waals surface area contributed by atoms with Crippen LogP contribution in [-0.4, -0.2) is 58.2 Å². The van der Waals surface area contributed by atoms with Gasteiger partial charge in [-0.1, -0.05) is 0 Å². The van der Waals surface area contributed by atoms with E-state index >= 15 is 0 Å². The summed E-state index contributed by atoms with van der Waals surface area (Å²) in [6.07, 6.45) is -1.37. The Morgan fingerprint density at radius 2 is 1.85 bits per heavy atom. The Balaban J connectivity index is 2.04. The molecule has 0 fully saturated rings. The SMILES string of the molecule is COC(=O)Nc1nc2c(I)nn(Cc3nc(C(C)(C)NC(=O)OC)ccc3OC)c2c(=O)[nH]1. The standard InChI is InChI=1S/C19H22IN7O6/c1-19(2,25-18(30)33-5)11-7-6-10(31-3)9(21-11)8-27-13-12(14(20)26-27)22-16(23-15(13)28)24-17(29)32-4/h6-7H,8H2,1-5H3,(H,25,30)(H2,22,23,24,28,29). The summed E-state index contributed by atoms with van der Waals surface area (Å²) in [5.41, 5.74) is 0.162. The summed E-state index contributed by atoms with van der Waals surface area (Å²) in [6.45, 7) is 3.64. The van der Waals surface area contributed by atoms with Crippen LogP contribution < -0.4 is 20.9 Å². The summed E-state index contributed by atoms with van der Waals surface area (Å²) in [4.78, 5) is 47.3. The van der Waals surface area contributed by atoms with Crippen LogP contribution in [-0.2, 0) is 21.6 Å². The number of halogens is 1. The first-order valence-electron chi connectivity index (χ1n) is 9.51. The number of nitrogens with one attached hydrogen (secondary N) is 3. The Morgan fingerprint density at radius 3 is 2.48 bits per heavy atom. The number of H-pyrrole nitrogens is 1. The molecule has 0 aromatic carbocycles. The molecular weight excluding hydrogens is 549 g/mol. The zero-order chi connectivity index (χ0) is 24.3. The fraction of sp³-hybridized carbons (Fsp3) is 0.368. The number of carbonyl (C=O) groups is 2. The molecule has 0 radical (unpaired) electrons. The highest BCUT2D eigenvalue weighted by atomic mass is 127. The largest absolute Gasteiger partial charge is 0.495 e. The monoisotopic (exact) mass is 571 g/mol. The van der Waals surface area contributed by atoms with E-state index in [0.29, 0.717) is 26.4 Å². The number of methoxy groups -OCH3 is 3. The number of amides is 2. The van der Waals surface area contributed by atoms with Gasteiger partial charge >= 0.3 is 12.2 Å². The second kappa shape index (κ2) is 9.60. The molecule has 0 aliphatic rings. The molecule has 0 spiro atoms. The van der Waals surface area contributed by atoms with Gasteiger partial charge in [-0.25, -0.2) is 19.6 Å². The molecular formula is C19H22IN7O6. The van der Waals surface area contributed by atoms with Crippen molar-refractivity contribution in [3.63, 3.8) is 0 Å². The highest BCUT2D eigenvalue weighted by molar-refractivity contribution is 14.1. The lowest BCUT2D eigenvalue weighted by Crippen LogP contribution is -2.41. The molecule has 176 valence electrons. The number of rotatable bonds is 6. The average molecular weight is 571 g/mol. The zero-order valence-electron chi connectivity index (χ0n) is 18.5. The molecule has 0 bridgehead atoms. The van der Waals surface area contributed by atoms with Crippen LogP contribution in [0.3, 0.4) is 0 Å². The molecule has 33 heavy (non-hydrogen) atoms. The normalized spacial score (nSPS) is 11.2. The van der Waals surface area contributed by atoms with E-state index in [9.17, 15) is 14.4 Å². The Kier molecular flexibility index (Phi) is 7.04. The smallest absolute Gasteiger partial charge is 0.413 e. The van der Waals surface area contributed by atoms with Gasteiger partial charge in [0.2, 0.25) is 5.95 Å². The van der Waals surface area contributed by atoms with Gasteiger partial charge in [-0.3, -0.25) is 19.8 Å². The third-order valence-electron chi connectivity index (χ3n) is 4.65. The number of fused-ring (bicyclic) bond motifs is 1. The van der Waals surface area contributed by atoms with Crippen LogP contribution in [0.2, 0.25) is 0 Å². The Labute approximate surface area is 201 Å². The second-order valence-corrected chi connectivity index (χ2v) is 8.29. The van der Waals surface area contributed by atoms with E-state index in [1.54, 1.807) is 26.0 Å². The lowest BCUT2D eigenvalue weighted by atomic mass is 9.99. The number of nitrogens with zero attached hydrogens (tertiary/aromatic N) is 4. The minimum atomic E-state index is -0.845. The first-order valence-corrected chi connectivity index (χ1v) is 10.6. The first-order chi connectivity index (χ1) is 15.6. The summed E-state index contributed by atoms with van der Waals surface area (Å²) in [6, 6.07) is 3.44. The summed E-state index contributed by atoms with van der Waals surface area (Å²) in [5.74, 6) is 0.407. The number of anilines is 1. The highest BCUT2D eigenvalue weighted by Gasteiger charge is 2.26. The van der Waals surface area contributed by atoms with Gasteiger partial charge in [0.25, 0.3) is 5.56 Å². The average Bonchev–Trinajstić information content (AvgIpc) is 3.08. The quantitative estimate of drug-likeness (QED) is 0.376. The van der Waals surface area contributed by atoms with Gasteiger partial charge in [0, 0.05) is 0 Å². The summed E-state index contributed by atoms with van der Waals surface area (Å²) >= 11 is 1.95. The van der Waals surface area contributed by atoms with Crippen molar-refractivity contribution >= 4 is 51.8 Å². The molecule has 0 aliphatic heterocycles. The van der Waals surface area contributed by atoms with E-state index in [1.807, 2.05) is 22.6 Å². The van der Waals surface area contributed by atoms with Gasteiger partial charge in [-0.15, -0.1) is 0 Å². The number of pyridine rings is 1. The van der Waals surface area contributed by atoms with E-state index in [1.165, 1.54) is 26.0 Å². The molecule has 3 heterocycles. The van der Waals surface area contributed by atoms with Crippen molar-refractivity contribution in [2.24, 2.45) is 0 Å². The fourth-order valence-electron chi connectivity index (χ4n) is 3.02. The molecule has 3 N–H and O–H groups in total. The molecule has 0 aliphatic carbocycles. The predicted octanol–water partition coefficient (Wildman–Crippen LogP) is 1.95. The van der Waals surface area contributed by atoms with Gasteiger partial charge in [-0.05, 0) is 48.6 Å². The fourth-order valence-corrected chi connectivity index (χ4v) is 3.66. The number of alkyl carbamates (subject to hydrolysis) is 1. The van der Waals surface area contributed by atoms with E-state index in [4.69, 9.17) is 4.74 Å². The zero-order valence-corrected chi connectivity index (χ0v) is 20.6. The topological polar surface area (TPSA) is 162 Å². The highest BCUT2D eigenvalue weighted by Crippen LogP contribution is 2.25. The lowest BCUT2D eigenvalue weighted by Gasteiger charge is -2.25. The summed E-state index contributed by atoms with van der Waals surface area (Å²) in [7, 11) is 3.98. The van der Waals surface area contributed by atoms with Crippen LogP contribution in [0, 0.1) is 3.70 Å². The molecule has 0 saturated carbocycles. The third-order valence-corrected chi connectivity index (χ3v) is 5.38. The van der Waals surface area contributed by atoms with Crippen molar-refractivity contribution in [2.75, 3.05) is 26.6 Å². The first kappa shape index (κ1) is 24.2. The Morgan fingerprint density at radius 1 is 1.15 bits per heavy atom. The van der Waals surface area contributed by atoms with E-state index in [-0.39, 0.29) is 18.0 Å². The van der Waals surface area contributed by atoms with Gasteiger partial charge < -0.3 is 19.5 Å². The maximum atomic E-state index is 12.8. The van der Waals surface area contributed by atoms with E-state index in [0.717, 1.165) is 0 Å². The lowest BCUT2D eigenvalue weighted by molar-refractivity contribution is 0.159. The molecule has 14 heteroatoms. The molecule has 0 unspecified atom stereocenters. The third kappa shape index (κ3) is 5.15. The maximum Gasteiger partial charge on any atom is 0.413 e. The summed E-state index contributed by atoms with van der Waals surface area (Å²) < 4.78 is 16.5. The molecule has 0 saturated heterocycles. The van der Waals surface area contributed by atoms with Crippen LogP contribution in [0.5, 0.6) is 5.75 Å². The van der Waals surface area contributed by atoms with Gasteiger partial charge in [0.1, 0.15) is 20.7 Å². The van der Waals surface area contributed by atoms with Gasteiger partial charge in [0.05, 0.1) is 39.1 Å². The van der Waals surface area contributed by atoms with Crippen molar-refractivity contribution in [3.05, 3.63) is 37.6 Å². The Bertz CT molecular complexity index is 1270. The van der Waals surface area contributed by atoms with Crippen LogP contribution >= 0.6 is 22.6 Å². The van der Waals surface area contributed by atoms with Crippen LogP contribution in [0.25, 0.3) is 11.0 Å². The van der Waals surface area contributed by atoms with Crippen LogP contribution in [0.1, 0.15) is 25.2 Å². The minimum Gasteiger partial charge on any atom is -0.495 e. The molecule has 0 atom stereocenters. The van der Waals surface area contributed by atoms with Gasteiger partial charge in [-0.2, -0.15) is 5.10 Å². The number of hydrogen-bond donors (Lipinski definition) is 3.